The number of hydrogen-bond acceptors (Lipinski definition) is 5. The van der Waals surface area contributed by atoms with Crippen LogP contribution in [0.1, 0.15) is 23.3 Å². The van der Waals surface area contributed by atoms with Crippen molar-refractivity contribution < 1.29 is 4.79 Å². The molecule has 5 nitrogen and oxygen atoms in total. The molecule has 88 valence electrons. The first-order valence-electron chi connectivity index (χ1n) is 5.60. The number of nitrogens with zero attached hydrogens (tertiary/aromatic N) is 2. The average molecular weight is 248 g/mol. The quantitative estimate of drug-likeness (QED) is 0.640. The third-order valence-corrected chi connectivity index (χ3v) is 4.20. The molecule has 2 aromatic heterocycles. The van der Waals surface area contributed by atoms with Crippen molar-refractivity contribution in [1.82, 2.24) is 15.4 Å². The summed E-state index contributed by atoms with van der Waals surface area (Å²) in [5.74, 6) is 0.696. The summed E-state index contributed by atoms with van der Waals surface area (Å²) in [5, 5.41) is 1.07. The second kappa shape index (κ2) is 4.29. The van der Waals surface area contributed by atoms with Gasteiger partial charge in [0.2, 0.25) is 6.41 Å². The maximum Gasteiger partial charge on any atom is 0.225 e. The third-order valence-electron chi connectivity index (χ3n) is 3.00. The minimum absolute atomic E-state index is 0.604. The van der Waals surface area contributed by atoms with Gasteiger partial charge in [0, 0.05) is 4.88 Å². The average Bonchev–Trinajstić information content (AvgIpc) is 2.75. The predicted molar refractivity (Wildman–Crippen MR) is 66.9 cm³/mol. The lowest BCUT2D eigenvalue weighted by Crippen LogP contribution is -2.20. The molecule has 2 aromatic rings. The third kappa shape index (κ3) is 1.74. The Morgan fingerprint density at radius 1 is 1.29 bits per heavy atom. The van der Waals surface area contributed by atoms with Crippen molar-refractivity contribution in [2.75, 3.05) is 5.43 Å². The van der Waals surface area contributed by atoms with Crippen molar-refractivity contribution >= 4 is 33.8 Å². The molecule has 1 aliphatic rings. The molecular formula is C11H12N4OS. The molecule has 1 aliphatic carbocycles. The van der Waals surface area contributed by atoms with E-state index in [9.17, 15) is 4.79 Å². The topological polar surface area (TPSA) is 66.9 Å². The SMILES string of the molecule is O=CNNc1ncnc2sc3c(c12)CCCC3. The summed E-state index contributed by atoms with van der Waals surface area (Å²) in [5.41, 5.74) is 6.60. The van der Waals surface area contributed by atoms with Crippen molar-refractivity contribution in [3.8, 4) is 0 Å². The summed E-state index contributed by atoms with van der Waals surface area (Å²) in [6, 6.07) is 0. The number of aromatic nitrogens is 2. The van der Waals surface area contributed by atoms with Gasteiger partial charge in [-0.2, -0.15) is 0 Å². The van der Waals surface area contributed by atoms with Gasteiger partial charge in [-0.3, -0.25) is 15.6 Å². The number of anilines is 1. The molecule has 3 rings (SSSR count). The zero-order valence-electron chi connectivity index (χ0n) is 9.19. The standard InChI is InChI=1S/C11H12N4OS/c16-6-14-15-10-9-7-3-1-2-4-8(7)17-11(9)13-5-12-10/h5-6H,1-4H2,(H,14,16)(H,12,13,15). The lowest BCUT2D eigenvalue weighted by molar-refractivity contribution is -0.109. The summed E-state index contributed by atoms with van der Waals surface area (Å²) in [6.45, 7) is 0. The van der Waals surface area contributed by atoms with Crippen molar-refractivity contribution in [2.45, 2.75) is 25.7 Å². The van der Waals surface area contributed by atoms with Gasteiger partial charge in [0.15, 0.2) is 5.82 Å². The Kier molecular flexibility index (Phi) is 2.64. The van der Waals surface area contributed by atoms with Crippen LogP contribution >= 0.6 is 11.3 Å². The van der Waals surface area contributed by atoms with E-state index in [-0.39, 0.29) is 0 Å². The number of rotatable bonds is 3. The molecule has 0 unspecified atom stereocenters. The summed E-state index contributed by atoms with van der Waals surface area (Å²) < 4.78 is 0. The molecule has 0 saturated heterocycles. The van der Waals surface area contributed by atoms with E-state index in [2.05, 4.69) is 20.8 Å². The molecule has 0 spiro atoms. The van der Waals surface area contributed by atoms with Crippen molar-refractivity contribution in [3.05, 3.63) is 16.8 Å². The van der Waals surface area contributed by atoms with Crippen molar-refractivity contribution in [2.24, 2.45) is 0 Å². The van der Waals surface area contributed by atoms with Crippen LogP contribution in [0.3, 0.4) is 0 Å². The number of hydrazine groups is 1. The maximum absolute atomic E-state index is 10.3. The Morgan fingerprint density at radius 2 is 2.18 bits per heavy atom. The smallest absolute Gasteiger partial charge is 0.225 e. The second-order valence-electron chi connectivity index (χ2n) is 4.00. The zero-order valence-corrected chi connectivity index (χ0v) is 10.0. The van der Waals surface area contributed by atoms with E-state index in [1.807, 2.05) is 0 Å². The number of nitrogens with one attached hydrogen (secondary N) is 2. The molecule has 17 heavy (non-hydrogen) atoms. The molecule has 0 fully saturated rings. The fraction of sp³-hybridized carbons (Fsp3) is 0.364. The van der Waals surface area contributed by atoms with Crippen LogP contribution in [0.15, 0.2) is 6.33 Å². The molecule has 0 radical (unpaired) electrons. The van der Waals surface area contributed by atoms with E-state index in [0.717, 1.165) is 23.1 Å². The summed E-state index contributed by atoms with van der Waals surface area (Å²) in [6.07, 6.45) is 6.82. The molecule has 0 aromatic carbocycles. The Morgan fingerprint density at radius 3 is 3.06 bits per heavy atom. The highest BCUT2D eigenvalue weighted by atomic mass is 32.1. The number of amides is 1. The lowest BCUT2D eigenvalue weighted by Gasteiger charge is -2.11. The largest absolute Gasteiger partial charge is 0.281 e. The van der Waals surface area contributed by atoms with Crippen molar-refractivity contribution in [1.29, 1.82) is 0 Å². The van der Waals surface area contributed by atoms with E-state index in [1.54, 1.807) is 11.3 Å². The van der Waals surface area contributed by atoms with E-state index in [1.165, 1.54) is 29.6 Å². The number of thiophene rings is 1. The van der Waals surface area contributed by atoms with Crippen LogP contribution < -0.4 is 10.9 Å². The van der Waals surface area contributed by atoms with Crippen LogP contribution in [0.25, 0.3) is 10.2 Å². The molecule has 6 heteroatoms. The molecule has 0 saturated carbocycles. The van der Waals surface area contributed by atoms with Crippen LogP contribution in [0.2, 0.25) is 0 Å². The van der Waals surface area contributed by atoms with Gasteiger partial charge in [-0.25, -0.2) is 9.97 Å². The van der Waals surface area contributed by atoms with Crippen LogP contribution in [0.4, 0.5) is 5.82 Å². The predicted octanol–water partition coefficient (Wildman–Crippen LogP) is 1.64. The van der Waals surface area contributed by atoms with Gasteiger partial charge in [-0.05, 0) is 31.2 Å². The van der Waals surface area contributed by atoms with Crippen LogP contribution in [-0.4, -0.2) is 16.4 Å². The fourth-order valence-electron chi connectivity index (χ4n) is 2.28. The fourth-order valence-corrected chi connectivity index (χ4v) is 3.51. The van der Waals surface area contributed by atoms with Crippen LogP contribution in [0, 0.1) is 0 Å². The number of hydrogen-bond donors (Lipinski definition) is 2. The molecule has 2 heterocycles. The first-order valence-corrected chi connectivity index (χ1v) is 6.42. The molecule has 2 N–H and O–H groups in total. The van der Waals surface area contributed by atoms with E-state index >= 15 is 0 Å². The number of carbonyl (C=O) groups excluding carboxylic acids is 1. The summed E-state index contributed by atoms with van der Waals surface area (Å²) >= 11 is 1.74. The Balaban J connectivity index is 2.15. The minimum Gasteiger partial charge on any atom is -0.281 e. The second-order valence-corrected chi connectivity index (χ2v) is 5.08. The number of carbonyl (C=O) groups is 1. The molecule has 0 atom stereocenters. The van der Waals surface area contributed by atoms with Gasteiger partial charge in [-0.1, -0.05) is 0 Å². The number of aryl methyl sites for hydroxylation is 2. The van der Waals surface area contributed by atoms with Gasteiger partial charge in [0.1, 0.15) is 11.2 Å². The van der Waals surface area contributed by atoms with E-state index in [4.69, 9.17) is 0 Å². The normalized spacial score (nSPS) is 14.4. The van der Waals surface area contributed by atoms with Gasteiger partial charge < -0.3 is 0 Å². The van der Waals surface area contributed by atoms with Gasteiger partial charge in [0.05, 0.1) is 5.39 Å². The van der Waals surface area contributed by atoms with Crippen LogP contribution in [-0.2, 0) is 17.6 Å². The van der Waals surface area contributed by atoms with E-state index < -0.39 is 0 Å². The highest BCUT2D eigenvalue weighted by molar-refractivity contribution is 7.19. The first kappa shape index (κ1) is 10.5. The molecule has 0 bridgehead atoms. The maximum atomic E-state index is 10.3. The molecule has 0 aliphatic heterocycles. The highest BCUT2D eigenvalue weighted by Gasteiger charge is 2.19. The highest BCUT2D eigenvalue weighted by Crippen LogP contribution is 2.37. The summed E-state index contributed by atoms with van der Waals surface area (Å²) in [4.78, 5) is 21.2. The van der Waals surface area contributed by atoms with Gasteiger partial charge in [0.25, 0.3) is 0 Å². The number of fused-ring (bicyclic) bond motifs is 3. The molecule has 1 amide bonds. The Labute approximate surface area is 102 Å². The molecular weight excluding hydrogens is 236 g/mol. The lowest BCUT2D eigenvalue weighted by atomic mass is 9.97. The van der Waals surface area contributed by atoms with Gasteiger partial charge >= 0.3 is 0 Å². The van der Waals surface area contributed by atoms with Crippen molar-refractivity contribution in [3.63, 3.8) is 0 Å². The monoisotopic (exact) mass is 248 g/mol. The van der Waals surface area contributed by atoms with E-state index in [0.29, 0.717) is 12.2 Å². The summed E-state index contributed by atoms with van der Waals surface area (Å²) in [7, 11) is 0. The van der Waals surface area contributed by atoms with Crippen LogP contribution in [0.5, 0.6) is 0 Å². The first-order chi connectivity index (χ1) is 8.40. The van der Waals surface area contributed by atoms with Gasteiger partial charge in [-0.15, -0.1) is 11.3 Å². The minimum atomic E-state index is 0.604. The Hall–Kier alpha value is -1.69. The Bertz CT molecular complexity index is 566. The zero-order chi connectivity index (χ0) is 11.7.